The number of para-hydroxylation sites is 1. The largest absolute Gasteiger partial charge is 0.507 e. The molecule has 2 aromatic carbocycles. The van der Waals surface area contributed by atoms with Crippen LogP contribution in [0, 0.1) is 29.1 Å². The lowest BCUT2D eigenvalue weighted by Crippen LogP contribution is -2.01. The van der Waals surface area contributed by atoms with Gasteiger partial charge in [0, 0.05) is 11.8 Å². The normalized spacial score (nSPS) is 11.4. The average Bonchev–Trinajstić information content (AvgIpc) is 2.52. The Bertz CT molecular complexity index is 729. The highest BCUT2D eigenvalue weighted by Gasteiger charge is 2.25. The quantitative estimate of drug-likeness (QED) is 0.387. The second-order valence-corrected chi connectivity index (χ2v) is 4.39. The predicted molar refractivity (Wildman–Crippen MR) is 71.0 cm³/mol. The smallest absolute Gasteiger partial charge is 0.200 e. The minimum Gasteiger partial charge on any atom is -0.507 e. The lowest BCUT2D eigenvalue weighted by atomic mass is 10.1. The van der Waals surface area contributed by atoms with Crippen LogP contribution < -0.4 is 0 Å². The van der Waals surface area contributed by atoms with E-state index in [1.807, 2.05) is 0 Å². The van der Waals surface area contributed by atoms with Crippen LogP contribution >= 0.6 is 0 Å². The Balaban J connectivity index is 2.52. The van der Waals surface area contributed by atoms with Crippen molar-refractivity contribution < 1.29 is 27.1 Å². The highest BCUT2D eigenvalue weighted by atomic mass is 19.2. The molecule has 0 amide bonds. The minimum atomic E-state index is -2.25. The lowest BCUT2D eigenvalue weighted by Gasteiger charge is -2.06. The highest BCUT2D eigenvalue weighted by molar-refractivity contribution is 5.86. The monoisotopic (exact) mass is 315 g/mol. The SMILES string of the molecule is CCc1cccc(C=Nc2c(F)c(F)c(F)c(F)c2F)c1O. The molecule has 0 atom stereocenters. The molecule has 116 valence electrons. The van der Waals surface area contributed by atoms with Crippen molar-refractivity contribution in [2.75, 3.05) is 0 Å². The molecule has 22 heavy (non-hydrogen) atoms. The van der Waals surface area contributed by atoms with Crippen LogP contribution in [0.3, 0.4) is 0 Å². The first-order valence-corrected chi connectivity index (χ1v) is 6.24. The zero-order valence-electron chi connectivity index (χ0n) is 11.3. The third-order valence-electron chi connectivity index (χ3n) is 3.05. The molecule has 0 radical (unpaired) electrons. The van der Waals surface area contributed by atoms with E-state index in [1.54, 1.807) is 19.1 Å². The Kier molecular flexibility index (Phi) is 4.44. The number of benzene rings is 2. The molecule has 0 spiro atoms. The summed E-state index contributed by atoms with van der Waals surface area (Å²) < 4.78 is 65.9. The van der Waals surface area contributed by atoms with Crippen molar-refractivity contribution >= 4 is 11.9 Å². The van der Waals surface area contributed by atoms with Crippen molar-refractivity contribution in [1.82, 2.24) is 0 Å². The second-order valence-electron chi connectivity index (χ2n) is 4.39. The number of phenols is 1. The van der Waals surface area contributed by atoms with E-state index in [4.69, 9.17) is 0 Å². The van der Waals surface area contributed by atoms with Gasteiger partial charge in [0.1, 0.15) is 11.4 Å². The minimum absolute atomic E-state index is 0.100. The predicted octanol–water partition coefficient (Wildman–Crippen LogP) is 4.40. The number of aliphatic imine (C=N–C) groups is 1. The number of phenolic OH excluding ortho intramolecular Hbond substituents is 1. The fourth-order valence-corrected chi connectivity index (χ4v) is 1.84. The van der Waals surface area contributed by atoms with E-state index < -0.39 is 34.8 Å². The van der Waals surface area contributed by atoms with Gasteiger partial charge >= 0.3 is 0 Å². The van der Waals surface area contributed by atoms with Crippen molar-refractivity contribution in [3.63, 3.8) is 0 Å². The molecular weight excluding hydrogens is 305 g/mol. The van der Waals surface area contributed by atoms with E-state index in [0.717, 1.165) is 6.21 Å². The number of rotatable bonds is 3. The molecule has 0 heterocycles. The number of nitrogens with zero attached hydrogens (tertiary/aromatic N) is 1. The van der Waals surface area contributed by atoms with Crippen LogP contribution in [0.4, 0.5) is 27.6 Å². The summed E-state index contributed by atoms with van der Waals surface area (Å²) in [5.74, 6) is -10.6. The number of aromatic hydroxyl groups is 1. The molecule has 2 rings (SSSR count). The lowest BCUT2D eigenvalue weighted by molar-refractivity contribution is 0.381. The molecule has 0 aliphatic heterocycles. The summed E-state index contributed by atoms with van der Waals surface area (Å²) in [4.78, 5) is 3.29. The number of hydrogen-bond acceptors (Lipinski definition) is 2. The summed E-state index contributed by atoms with van der Waals surface area (Å²) in [7, 11) is 0. The van der Waals surface area contributed by atoms with Gasteiger partial charge in [-0.05, 0) is 18.1 Å². The van der Waals surface area contributed by atoms with Gasteiger partial charge in [0.15, 0.2) is 23.3 Å². The average molecular weight is 315 g/mol. The van der Waals surface area contributed by atoms with E-state index in [1.165, 1.54) is 6.07 Å². The van der Waals surface area contributed by atoms with E-state index in [0.29, 0.717) is 12.0 Å². The number of aryl methyl sites for hydroxylation is 1. The van der Waals surface area contributed by atoms with Gasteiger partial charge < -0.3 is 5.11 Å². The Labute approximate surface area is 122 Å². The Morgan fingerprint density at radius 1 is 0.955 bits per heavy atom. The molecule has 1 N–H and O–H groups in total. The zero-order valence-corrected chi connectivity index (χ0v) is 11.3. The molecule has 0 fully saturated rings. The van der Waals surface area contributed by atoms with Crippen LogP contribution in [-0.4, -0.2) is 11.3 Å². The molecule has 0 aromatic heterocycles. The fraction of sp³-hybridized carbons (Fsp3) is 0.133. The van der Waals surface area contributed by atoms with Crippen molar-refractivity contribution in [3.8, 4) is 5.75 Å². The summed E-state index contributed by atoms with van der Waals surface area (Å²) in [6.07, 6.45) is 1.34. The maximum Gasteiger partial charge on any atom is 0.200 e. The topological polar surface area (TPSA) is 32.6 Å². The van der Waals surface area contributed by atoms with E-state index >= 15 is 0 Å². The first-order valence-electron chi connectivity index (χ1n) is 6.24. The summed E-state index contributed by atoms with van der Waals surface area (Å²) in [5.41, 5.74) is -0.651. The standard InChI is InChI=1S/C15H10F5NO/c1-2-7-4-3-5-8(15(7)22)6-21-14-12(19)10(17)9(16)11(18)13(14)20/h3-6,22H,2H2,1H3. The zero-order chi connectivity index (χ0) is 16.4. The third-order valence-corrected chi connectivity index (χ3v) is 3.05. The Morgan fingerprint density at radius 3 is 2.05 bits per heavy atom. The fourth-order valence-electron chi connectivity index (χ4n) is 1.84. The van der Waals surface area contributed by atoms with Gasteiger partial charge in [0.2, 0.25) is 5.82 Å². The molecule has 2 nitrogen and oxygen atoms in total. The van der Waals surface area contributed by atoms with Crippen LogP contribution in [0.1, 0.15) is 18.1 Å². The van der Waals surface area contributed by atoms with Crippen molar-refractivity contribution in [3.05, 3.63) is 58.4 Å². The van der Waals surface area contributed by atoms with E-state index in [-0.39, 0.29) is 11.3 Å². The van der Waals surface area contributed by atoms with Crippen LogP contribution in [0.2, 0.25) is 0 Å². The first-order chi connectivity index (χ1) is 10.4. The van der Waals surface area contributed by atoms with Crippen LogP contribution in [0.25, 0.3) is 0 Å². The van der Waals surface area contributed by atoms with Gasteiger partial charge in [-0.15, -0.1) is 0 Å². The first kappa shape index (κ1) is 15.9. The van der Waals surface area contributed by atoms with E-state index in [2.05, 4.69) is 4.99 Å². The molecule has 7 heteroatoms. The molecule has 0 aliphatic rings. The molecule has 0 saturated carbocycles. The maximum atomic E-state index is 13.5. The molecule has 0 saturated heterocycles. The van der Waals surface area contributed by atoms with Crippen LogP contribution in [0.15, 0.2) is 23.2 Å². The second kappa shape index (κ2) is 6.13. The molecular formula is C15H10F5NO. The molecule has 0 bridgehead atoms. The summed E-state index contributed by atoms with van der Waals surface area (Å²) in [6.45, 7) is 1.78. The summed E-state index contributed by atoms with van der Waals surface area (Å²) in [5, 5.41) is 9.87. The Morgan fingerprint density at radius 2 is 1.50 bits per heavy atom. The van der Waals surface area contributed by atoms with Gasteiger partial charge in [0.25, 0.3) is 0 Å². The summed E-state index contributed by atoms with van der Waals surface area (Å²) in [6, 6.07) is 4.59. The van der Waals surface area contributed by atoms with Crippen LogP contribution in [-0.2, 0) is 6.42 Å². The number of halogens is 5. The highest BCUT2D eigenvalue weighted by Crippen LogP contribution is 2.30. The Hall–Kier alpha value is -2.44. The van der Waals surface area contributed by atoms with Gasteiger partial charge in [-0.1, -0.05) is 19.1 Å². The van der Waals surface area contributed by atoms with Crippen molar-refractivity contribution in [1.29, 1.82) is 0 Å². The van der Waals surface area contributed by atoms with Crippen LogP contribution in [0.5, 0.6) is 5.75 Å². The number of hydrogen-bond donors (Lipinski definition) is 1. The van der Waals surface area contributed by atoms with Gasteiger partial charge in [0.05, 0.1) is 0 Å². The van der Waals surface area contributed by atoms with Gasteiger partial charge in [-0.3, -0.25) is 0 Å². The molecule has 2 aromatic rings. The molecule has 0 aliphatic carbocycles. The van der Waals surface area contributed by atoms with Crippen molar-refractivity contribution in [2.45, 2.75) is 13.3 Å². The third kappa shape index (κ3) is 2.66. The summed E-state index contributed by atoms with van der Waals surface area (Å²) >= 11 is 0. The van der Waals surface area contributed by atoms with Crippen molar-refractivity contribution in [2.24, 2.45) is 4.99 Å². The van der Waals surface area contributed by atoms with E-state index in [9.17, 15) is 27.1 Å². The molecule has 0 unspecified atom stereocenters. The van der Waals surface area contributed by atoms with Gasteiger partial charge in [-0.25, -0.2) is 26.9 Å². The van der Waals surface area contributed by atoms with Gasteiger partial charge in [-0.2, -0.15) is 0 Å². The maximum absolute atomic E-state index is 13.5.